The Hall–Kier alpha value is -1.96. The van der Waals surface area contributed by atoms with E-state index < -0.39 is 0 Å². The highest BCUT2D eigenvalue weighted by Gasteiger charge is 2.41. The van der Waals surface area contributed by atoms with Crippen LogP contribution in [0, 0.1) is 13.8 Å². The van der Waals surface area contributed by atoms with Crippen molar-refractivity contribution in [3.63, 3.8) is 0 Å². The van der Waals surface area contributed by atoms with E-state index in [4.69, 9.17) is 17.0 Å². The molecule has 7 heteroatoms. The molecule has 152 valence electrons. The van der Waals surface area contributed by atoms with Crippen molar-refractivity contribution in [3.8, 4) is 0 Å². The van der Waals surface area contributed by atoms with Gasteiger partial charge in [-0.1, -0.05) is 6.07 Å². The molecule has 0 radical (unpaired) electrons. The highest BCUT2D eigenvalue weighted by Crippen LogP contribution is 2.40. The van der Waals surface area contributed by atoms with E-state index in [1.807, 2.05) is 18.3 Å². The molecule has 3 rings (SSSR count). The van der Waals surface area contributed by atoms with Crippen LogP contribution in [0.2, 0.25) is 0 Å². The number of nitrogens with one attached hydrogen (secondary N) is 1. The van der Waals surface area contributed by atoms with Crippen LogP contribution in [0.25, 0.3) is 0 Å². The predicted octanol–water partition coefficient (Wildman–Crippen LogP) is 2.68. The first-order valence-corrected chi connectivity index (χ1v) is 10.1. The summed E-state index contributed by atoms with van der Waals surface area (Å²) in [4.78, 5) is 9.13. The summed E-state index contributed by atoms with van der Waals surface area (Å²) < 4.78 is 7.64. The van der Waals surface area contributed by atoms with Gasteiger partial charge in [0.1, 0.15) is 0 Å². The Morgan fingerprint density at radius 1 is 1.25 bits per heavy atom. The molecular weight excluding hydrogens is 370 g/mol. The third-order valence-corrected chi connectivity index (χ3v) is 5.79. The SMILES string of the molecule is COCCn1c(C)cc(C2C(c3ccccn3)NC(=S)N2CCN(C)C)c1C. The second kappa shape index (κ2) is 9.03. The van der Waals surface area contributed by atoms with E-state index in [0.29, 0.717) is 6.61 Å². The maximum Gasteiger partial charge on any atom is 0.170 e. The van der Waals surface area contributed by atoms with Crippen molar-refractivity contribution in [3.05, 3.63) is 53.1 Å². The molecule has 2 unspecified atom stereocenters. The van der Waals surface area contributed by atoms with Crippen LogP contribution in [0.15, 0.2) is 30.5 Å². The van der Waals surface area contributed by atoms with Crippen molar-refractivity contribution in [2.45, 2.75) is 32.5 Å². The van der Waals surface area contributed by atoms with E-state index in [0.717, 1.165) is 30.4 Å². The van der Waals surface area contributed by atoms with Gasteiger partial charge in [0, 0.05) is 44.3 Å². The highest BCUT2D eigenvalue weighted by molar-refractivity contribution is 7.80. The van der Waals surface area contributed by atoms with E-state index in [9.17, 15) is 0 Å². The van der Waals surface area contributed by atoms with Crippen LogP contribution in [0.3, 0.4) is 0 Å². The summed E-state index contributed by atoms with van der Waals surface area (Å²) in [5, 5.41) is 4.33. The number of methoxy groups -OCH3 is 1. The Kier molecular flexibility index (Phi) is 6.69. The fourth-order valence-corrected chi connectivity index (χ4v) is 4.28. The molecule has 0 amide bonds. The molecule has 0 aliphatic carbocycles. The molecule has 28 heavy (non-hydrogen) atoms. The van der Waals surface area contributed by atoms with Gasteiger partial charge < -0.3 is 24.4 Å². The van der Waals surface area contributed by atoms with Gasteiger partial charge in [-0.3, -0.25) is 4.98 Å². The number of nitrogens with zero attached hydrogens (tertiary/aromatic N) is 4. The number of pyridine rings is 1. The number of thiocarbonyl (C=S) groups is 1. The smallest absolute Gasteiger partial charge is 0.170 e. The second-order valence-electron chi connectivity index (χ2n) is 7.59. The van der Waals surface area contributed by atoms with Crippen molar-refractivity contribution in [1.82, 2.24) is 24.7 Å². The number of aromatic nitrogens is 2. The van der Waals surface area contributed by atoms with Gasteiger partial charge in [0.2, 0.25) is 0 Å². The Morgan fingerprint density at radius 2 is 2.04 bits per heavy atom. The van der Waals surface area contributed by atoms with Crippen LogP contribution in [-0.4, -0.2) is 65.4 Å². The molecule has 0 aromatic carbocycles. The van der Waals surface area contributed by atoms with Crippen molar-refractivity contribution >= 4 is 17.3 Å². The molecule has 1 fully saturated rings. The molecule has 3 heterocycles. The Morgan fingerprint density at radius 3 is 2.68 bits per heavy atom. The number of ether oxygens (including phenoxy) is 1. The minimum atomic E-state index is 0.0345. The van der Waals surface area contributed by atoms with Gasteiger partial charge in [-0.05, 0) is 63.9 Å². The number of aryl methyl sites for hydroxylation is 1. The summed E-state index contributed by atoms with van der Waals surface area (Å²) >= 11 is 5.74. The van der Waals surface area contributed by atoms with Crippen molar-refractivity contribution in [2.24, 2.45) is 0 Å². The maximum atomic E-state index is 5.74. The standard InChI is InChI=1S/C21H31N5OS/c1-15-14-17(16(2)25(15)12-13-27-5)20-19(18-8-6-7-9-22-18)23-21(28)26(20)11-10-24(3)4/h6-9,14,19-20H,10-13H2,1-5H3,(H,23,28). The van der Waals surface area contributed by atoms with Crippen molar-refractivity contribution in [2.75, 3.05) is 40.9 Å². The van der Waals surface area contributed by atoms with Gasteiger partial charge in [-0.25, -0.2) is 0 Å². The number of rotatable bonds is 8. The lowest BCUT2D eigenvalue weighted by Crippen LogP contribution is -2.35. The Labute approximate surface area is 173 Å². The summed E-state index contributed by atoms with van der Waals surface area (Å²) in [6, 6.07) is 8.51. The summed E-state index contributed by atoms with van der Waals surface area (Å²) in [6.07, 6.45) is 1.85. The van der Waals surface area contributed by atoms with E-state index in [1.165, 1.54) is 17.0 Å². The molecule has 1 saturated heterocycles. The number of hydrogen-bond acceptors (Lipinski definition) is 4. The molecule has 0 spiro atoms. The molecule has 0 bridgehead atoms. The maximum absolute atomic E-state index is 5.74. The molecule has 0 saturated carbocycles. The van der Waals surface area contributed by atoms with Crippen molar-refractivity contribution in [1.29, 1.82) is 0 Å². The van der Waals surface area contributed by atoms with Crippen LogP contribution in [0.4, 0.5) is 0 Å². The minimum absolute atomic E-state index is 0.0345. The number of hydrogen-bond donors (Lipinski definition) is 1. The molecular formula is C21H31N5OS. The molecule has 1 aliphatic rings. The van der Waals surface area contributed by atoms with Gasteiger partial charge in [-0.2, -0.15) is 0 Å². The van der Waals surface area contributed by atoms with Gasteiger partial charge in [0.05, 0.1) is 24.4 Å². The lowest BCUT2D eigenvalue weighted by molar-refractivity contribution is 0.186. The minimum Gasteiger partial charge on any atom is -0.383 e. The predicted molar refractivity (Wildman–Crippen MR) is 116 cm³/mol. The highest BCUT2D eigenvalue weighted by atomic mass is 32.1. The van der Waals surface area contributed by atoms with Gasteiger partial charge in [-0.15, -0.1) is 0 Å². The summed E-state index contributed by atoms with van der Waals surface area (Å²) in [5.41, 5.74) is 4.83. The molecule has 1 N–H and O–H groups in total. The summed E-state index contributed by atoms with van der Waals surface area (Å²) in [5.74, 6) is 0. The first kappa shape index (κ1) is 20.8. The summed E-state index contributed by atoms with van der Waals surface area (Å²) in [7, 11) is 5.93. The largest absolute Gasteiger partial charge is 0.383 e. The van der Waals surface area contributed by atoms with E-state index in [-0.39, 0.29) is 12.1 Å². The van der Waals surface area contributed by atoms with Gasteiger partial charge in [0.15, 0.2) is 5.11 Å². The van der Waals surface area contributed by atoms with Crippen LogP contribution >= 0.6 is 12.2 Å². The zero-order valence-corrected chi connectivity index (χ0v) is 18.3. The number of likely N-dealkylation sites (N-methyl/N-ethyl adjacent to an activating group) is 1. The monoisotopic (exact) mass is 401 g/mol. The fraction of sp³-hybridized carbons (Fsp3) is 0.524. The molecule has 1 aliphatic heterocycles. The topological polar surface area (TPSA) is 45.6 Å². The van der Waals surface area contributed by atoms with E-state index >= 15 is 0 Å². The normalized spacial score (nSPS) is 19.5. The molecule has 2 aromatic rings. The average molecular weight is 402 g/mol. The third-order valence-electron chi connectivity index (χ3n) is 5.44. The first-order valence-electron chi connectivity index (χ1n) is 9.72. The van der Waals surface area contributed by atoms with E-state index in [1.54, 1.807) is 7.11 Å². The molecule has 2 aromatic heterocycles. The van der Waals surface area contributed by atoms with Crippen LogP contribution < -0.4 is 5.32 Å². The zero-order valence-electron chi connectivity index (χ0n) is 17.5. The zero-order chi connectivity index (χ0) is 20.3. The van der Waals surface area contributed by atoms with Gasteiger partial charge in [0.25, 0.3) is 0 Å². The lowest BCUT2D eigenvalue weighted by atomic mass is 9.97. The lowest BCUT2D eigenvalue weighted by Gasteiger charge is -2.29. The molecule has 2 atom stereocenters. The first-order chi connectivity index (χ1) is 13.4. The third kappa shape index (κ3) is 4.21. The molecule has 6 nitrogen and oxygen atoms in total. The fourth-order valence-electron chi connectivity index (χ4n) is 3.95. The summed E-state index contributed by atoms with van der Waals surface area (Å²) in [6.45, 7) is 7.71. The Bertz CT molecular complexity index is 805. The van der Waals surface area contributed by atoms with Gasteiger partial charge >= 0.3 is 0 Å². The van der Waals surface area contributed by atoms with Crippen LogP contribution in [0.1, 0.15) is 34.7 Å². The van der Waals surface area contributed by atoms with E-state index in [2.05, 4.69) is 64.7 Å². The second-order valence-corrected chi connectivity index (χ2v) is 7.98. The average Bonchev–Trinajstić information content (AvgIpc) is 3.15. The quantitative estimate of drug-likeness (QED) is 0.686. The van der Waals surface area contributed by atoms with Crippen molar-refractivity contribution < 1.29 is 4.74 Å². The Balaban J connectivity index is 2.01. The van der Waals surface area contributed by atoms with Crippen LogP contribution in [-0.2, 0) is 11.3 Å². The van der Waals surface area contributed by atoms with Crippen LogP contribution in [0.5, 0.6) is 0 Å².